The van der Waals surface area contributed by atoms with E-state index in [1.165, 1.54) is 34.8 Å². The van der Waals surface area contributed by atoms with Crippen LogP contribution in [-0.4, -0.2) is 64.2 Å². The van der Waals surface area contributed by atoms with Crippen LogP contribution in [0.5, 0.6) is 5.75 Å². The van der Waals surface area contributed by atoms with E-state index in [2.05, 4.69) is 10.2 Å². The molecule has 1 aromatic heterocycles. The van der Waals surface area contributed by atoms with Crippen molar-refractivity contribution in [2.45, 2.75) is 38.4 Å². The summed E-state index contributed by atoms with van der Waals surface area (Å²) < 4.78 is 46.2. The molecule has 1 unspecified atom stereocenters. The highest BCUT2D eigenvalue weighted by Crippen LogP contribution is 2.32. The van der Waals surface area contributed by atoms with E-state index in [4.69, 9.17) is 4.74 Å². The second-order valence-electron chi connectivity index (χ2n) is 7.57. The third kappa shape index (κ3) is 4.31. The van der Waals surface area contributed by atoms with Crippen molar-refractivity contribution in [3.05, 3.63) is 41.7 Å². The van der Waals surface area contributed by atoms with Crippen LogP contribution >= 0.6 is 0 Å². The number of carbonyl (C=O) groups excluding carboxylic acids is 1. The minimum absolute atomic E-state index is 0.156. The van der Waals surface area contributed by atoms with Crippen molar-refractivity contribution in [3.8, 4) is 5.75 Å². The maximum absolute atomic E-state index is 13.0. The summed E-state index contributed by atoms with van der Waals surface area (Å²) in [6.07, 6.45) is 3.70. The van der Waals surface area contributed by atoms with Gasteiger partial charge in [0.25, 0.3) is 5.91 Å². The van der Waals surface area contributed by atoms with Crippen LogP contribution in [0.3, 0.4) is 0 Å². The van der Waals surface area contributed by atoms with Gasteiger partial charge in [-0.15, -0.1) is 10.2 Å². The molecule has 2 aliphatic heterocycles. The molecule has 1 amide bonds. The Balaban J connectivity index is 1.43. The predicted octanol–water partition coefficient (Wildman–Crippen LogP) is 1.33. The summed E-state index contributed by atoms with van der Waals surface area (Å²) in [6.45, 7) is 1.56. The molecule has 0 N–H and O–H groups in total. The fourth-order valence-corrected chi connectivity index (χ4v) is 5.09. The summed E-state index contributed by atoms with van der Waals surface area (Å²) in [5.74, 6) is 1.12. The molecular formula is C19H24FN5O4S. The summed E-state index contributed by atoms with van der Waals surface area (Å²) in [4.78, 5) is 14.2. The van der Waals surface area contributed by atoms with Crippen LogP contribution in [0.15, 0.2) is 24.3 Å². The van der Waals surface area contributed by atoms with Crippen LogP contribution in [0.4, 0.5) is 4.39 Å². The molecule has 0 bridgehead atoms. The van der Waals surface area contributed by atoms with E-state index >= 15 is 0 Å². The summed E-state index contributed by atoms with van der Waals surface area (Å²) in [7, 11) is -3.34. The zero-order valence-corrected chi connectivity index (χ0v) is 17.5. The number of piperidine rings is 1. The minimum Gasteiger partial charge on any atom is -0.484 e. The highest BCUT2D eigenvalue weighted by Gasteiger charge is 2.36. The molecule has 1 saturated heterocycles. The molecule has 1 fully saturated rings. The lowest BCUT2D eigenvalue weighted by Gasteiger charge is -2.34. The maximum Gasteiger partial charge on any atom is 0.260 e. The van der Waals surface area contributed by atoms with E-state index in [9.17, 15) is 17.6 Å². The molecule has 0 radical (unpaired) electrons. The van der Waals surface area contributed by atoms with Gasteiger partial charge in [0.1, 0.15) is 11.6 Å². The number of ether oxygens (including phenoxy) is 1. The second kappa shape index (κ2) is 8.31. The number of halogens is 1. The zero-order valence-electron chi connectivity index (χ0n) is 16.7. The Hall–Kier alpha value is -2.53. The smallest absolute Gasteiger partial charge is 0.260 e. The number of hydrogen-bond acceptors (Lipinski definition) is 6. The maximum atomic E-state index is 13.0. The van der Waals surface area contributed by atoms with Gasteiger partial charge in [-0.3, -0.25) is 4.79 Å². The quantitative estimate of drug-likeness (QED) is 0.700. The highest BCUT2D eigenvalue weighted by molar-refractivity contribution is 7.88. The van der Waals surface area contributed by atoms with Crippen LogP contribution in [0.2, 0.25) is 0 Å². The lowest BCUT2D eigenvalue weighted by atomic mass is 10.0. The van der Waals surface area contributed by atoms with Gasteiger partial charge in [0.05, 0.1) is 18.8 Å². The fourth-order valence-electron chi connectivity index (χ4n) is 3.97. The average molecular weight is 437 g/mol. The van der Waals surface area contributed by atoms with Crippen molar-refractivity contribution in [1.82, 2.24) is 24.0 Å². The van der Waals surface area contributed by atoms with E-state index < -0.39 is 10.0 Å². The monoisotopic (exact) mass is 437 g/mol. The fraction of sp³-hybridized carbons (Fsp3) is 0.526. The third-order valence-electron chi connectivity index (χ3n) is 5.49. The van der Waals surface area contributed by atoms with E-state index in [0.717, 1.165) is 12.8 Å². The van der Waals surface area contributed by atoms with Gasteiger partial charge < -0.3 is 14.2 Å². The van der Waals surface area contributed by atoms with Gasteiger partial charge in [-0.2, -0.15) is 4.31 Å². The normalized spacial score (nSPS) is 20.1. The molecule has 0 saturated carbocycles. The molecule has 162 valence electrons. The summed E-state index contributed by atoms with van der Waals surface area (Å²) in [6, 6.07) is 5.17. The Morgan fingerprint density at radius 2 is 1.93 bits per heavy atom. The van der Waals surface area contributed by atoms with Gasteiger partial charge in [-0.05, 0) is 37.1 Å². The van der Waals surface area contributed by atoms with Crippen molar-refractivity contribution in [2.24, 2.45) is 0 Å². The average Bonchev–Trinajstić information content (AvgIpc) is 3.15. The van der Waals surface area contributed by atoms with Crippen LogP contribution in [0, 0.1) is 5.82 Å². The van der Waals surface area contributed by atoms with Crippen molar-refractivity contribution in [2.75, 3.05) is 26.0 Å². The highest BCUT2D eigenvalue weighted by atomic mass is 32.2. The Bertz CT molecular complexity index is 1020. The first-order valence-corrected chi connectivity index (χ1v) is 11.7. The molecule has 1 aromatic carbocycles. The summed E-state index contributed by atoms with van der Waals surface area (Å²) in [5.41, 5.74) is 0. The second-order valence-corrected chi connectivity index (χ2v) is 9.50. The third-order valence-corrected chi connectivity index (χ3v) is 6.78. The summed E-state index contributed by atoms with van der Waals surface area (Å²) in [5, 5.41) is 8.51. The van der Waals surface area contributed by atoms with Gasteiger partial charge >= 0.3 is 0 Å². The topological polar surface area (TPSA) is 97.6 Å². The van der Waals surface area contributed by atoms with E-state index in [1.807, 2.05) is 4.57 Å². The van der Waals surface area contributed by atoms with Crippen LogP contribution in [0.25, 0.3) is 0 Å². The molecule has 9 nitrogen and oxygen atoms in total. The number of hydrogen-bond donors (Lipinski definition) is 0. The number of aromatic nitrogens is 3. The van der Waals surface area contributed by atoms with Crippen molar-refractivity contribution >= 4 is 15.9 Å². The first kappa shape index (κ1) is 20.7. The molecule has 2 aromatic rings. The van der Waals surface area contributed by atoms with Crippen molar-refractivity contribution in [3.63, 3.8) is 0 Å². The van der Waals surface area contributed by atoms with E-state index in [0.29, 0.717) is 43.5 Å². The minimum atomic E-state index is -3.34. The molecule has 1 atom stereocenters. The first-order chi connectivity index (χ1) is 14.3. The lowest BCUT2D eigenvalue weighted by Crippen LogP contribution is -2.43. The van der Waals surface area contributed by atoms with Crippen molar-refractivity contribution in [1.29, 1.82) is 0 Å². The van der Waals surface area contributed by atoms with Gasteiger partial charge in [0, 0.05) is 19.6 Å². The molecule has 30 heavy (non-hydrogen) atoms. The Morgan fingerprint density at radius 1 is 1.17 bits per heavy atom. The Morgan fingerprint density at radius 3 is 2.67 bits per heavy atom. The van der Waals surface area contributed by atoms with Gasteiger partial charge in [-0.25, -0.2) is 12.8 Å². The molecule has 0 aliphatic carbocycles. The van der Waals surface area contributed by atoms with Crippen LogP contribution in [0.1, 0.15) is 37.0 Å². The number of rotatable bonds is 5. The van der Waals surface area contributed by atoms with E-state index in [-0.39, 0.29) is 30.9 Å². The molecular weight excluding hydrogens is 413 g/mol. The van der Waals surface area contributed by atoms with Crippen LogP contribution < -0.4 is 4.74 Å². The Kier molecular flexibility index (Phi) is 5.74. The molecule has 11 heteroatoms. The summed E-state index contributed by atoms with van der Waals surface area (Å²) >= 11 is 0. The Labute approximate surface area is 174 Å². The SMILES string of the molecule is CS(=O)(=O)N1CCCCC1c1nnc2n1CCN(C(=O)COc1ccc(F)cc1)C2. The standard InChI is InChI=1S/C19H24FN5O4S/c1-30(27,28)25-9-3-2-4-16(25)19-22-21-17-12-23(10-11-24(17)19)18(26)13-29-15-7-5-14(20)6-8-15/h5-8,16H,2-4,9-13H2,1H3. The number of amides is 1. The number of fused-ring (bicyclic) bond motifs is 1. The number of carbonyl (C=O) groups is 1. The lowest BCUT2D eigenvalue weighted by molar-refractivity contribution is -0.134. The van der Waals surface area contributed by atoms with E-state index in [1.54, 1.807) is 4.90 Å². The van der Waals surface area contributed by atoms with Gasteiger partial charge in [0.15, 0.2) is 18.3 Å². The van der Waals surface area contributed by atoms with Gasteiger partial charge in [0.2, 0.25) is 10.0 Å². The van der Waals surface area contributed by atoms with Crippen LogP contribution in [-0.2, 0) is 27.9 Å². The predicted molar refractivity (Wildman–Crippen MR) is 105 cm³/mol. The number of benzene rings is 1. The van der Waals surface area contributed by atoms with Crippen molar-refractivity contribution < 1.29 is 22.3 Å². The zero-order chi connectivity index (χ0) is 21.3. The molecule has 2 aliphatic rings. The number of nitrogens with zero attached hydrogens (tertiary/aromatic N) is 5. The molecule has 0 spiro atoms. The molecule has 3 heterocycles. The van der Waals surface area contributed by atoms with Gasteiger partial charge in [-0.1, -0.05) is 6.42 Å². The number of sulfonamides is 1. The first-order valence-electron chi connectivity index (χ1n) is 9.88. The molecule has 4 rings (SSSR count). The largest absolute Gasteiger partial charge is 0.484 e.